The highest BCUT2D eigenvalue weighted by atomic mass is 16.5. The largest absolute Gasteiger partial charge is 0.392 e. The second-order valence-corrected chi connectivity index (χ2v) is 7.36. The van der Waals surface area contributed by atoms with E-state index in [1.807, 2.05) is 18.2 Å². The topological polar surface area (TPSA) is 95.9 Å². The van der Waals surface area contributed by atoms with Gasteiger partial charge in [-0.15, -0.1) is 13.2 Å². The number of amides is 1. The molecule has 3 N–H and O–H groups in total. The molecule has 0 spiro atoms. The minimum absolute atomic E-state index is 0.0902. The van der Waals surface area contributed by atoms with E-state index in [4.69, 9.17) is 4.74 Å². The van der Waals surface area contributed by atoms with E-state index in [9.17, 15) is 19.8 Å². The number of Topliss-reactive ketones (excluding diaryl/α,β-unsaturated/α-hetero) is 1. The normalized spacial score (nSPS) is 15.6. The van der Waals surface area contributed by atoms with E-state index < -0.39 is 18.3 Å². The Balaban J connectivity index is 2.63. The summed E-state index contributed by atoms with van der Waals surface area (Å²) in [6.07, 6.45) is 2.67. The predicted molar refractivity (Wildman–Crippen MR) is 119 cm³/mol. The van der Waals surface area contributed by atoms with E-state index in [0.29, 0.717) is 17.7 Å². The number of rotatable bonds is 13. The monoisotopic (exact) mass is 415 g/mol. The van der Waals surface area contributed by atoms with Gasteiger partial charge >= 0.3 is 0 Å². The third-order valence-electron chi connectivity index (χ3n) is 4.82. The Labute approximate surface area is 179 Å². The maximum Gasteiger partial charge on any atom is 0.227 e. The van der Waals surface area contributed by atoms with Gasteiger partial charge in [-0.3, -0.25) is 9.59 Å². The molecule has 0 aliphatic heterocycles. The molecule has 164 valence electrons. The van der Waals surface area contributed by atoms with Crippen molar-refractivity contribution in [2.75, 3.05) is 12.4 Å². The molecular formula is C24H33NO5. The predicted octanol–water partition coefficient (Wildman–Crippen LogP) is 3.21. The highest BCUT2D eigenvalue weighted by Crippen LogP contribution is 2.17. The molecule has 30 heavy (non-hydrogen) atoms. The first-order chi connectivity index (χ1) is 14.2. The summed E-state index contributed by atoms with van der Waals surface area (Å²) in [6, 6.07) is 7.44. The van der Waals surface area contributed by atoms with Gasteiger partial charge in [-0.25, -0.2) is 0 Å². The number of anilines is 1. The van der Waals surface area contributed by atoms with E-state index in [1.165, 1.54) is 13.2 Å². The first-order valence-electron chi connectivity index (χ1n) is 9.94. The summed E-state index contributed by atoms with van der Waals surface area (Å²) < 4.78 is 4.99. The van der Waals surface area contributed by atoms with Crippen LogP contribution in [0, 0.1) is 5.92 Å². The zero-order valence-corrected chi connectivity index (χ0v) is 18.0. The fraction of sp³-hybridized carbons (Fsp3) is 0.417. The molecule has 0 aliphatic rings. The number of methoxy groups -OCH3 is 1. The molecule has 0 bridgehead atoms. The lowest BCUT2D eigenvalue weighted by Gasteiger charge is -2.19. The van der Waals surface area contributed by atoms with Crippen LogP contribution in [0.15, 0.2) is 61.2 Å². The minimum Gasteiger partial charge on any atom is -0.392 e. The molecule has 1 aromatic carbocycles. The Hall–Kier alpha value is -2.54. The van der Waals surface area contributed by atoms with E-state index in [0.717, 1.165) is 5.56 Å². The molecular weight excluding hydrogens is 382 g/mol. The highest BCUT2D eigenvalue weighted by molar-refractivity contribution is 5.91. The van der Waals surface area contributed by atoms with Crippen molar-refractivity contribution in [3.8, 4) is 0 Å². The van der Waals surface area contributed by atoms with Crippen molar-refractivity contribution in [1.82, 2.24) is 0 Å². The number of benzene rings is 1. The van der Waals surface area contributed by atoms with Gasteiger partial charge in [-0.05, 0) is 36.6 Å². The summed E-state index contributed by atoms with van der Waals surface area (Å²) in [4.78, 5) is 24.3. The molecule has 0 heterocycles. The third kappa shape index (κ3) is 8.45. The third-order valence-corrected chi connectivity index (χ3v) is 4.82. The lowest BCUT2D eigenvalue weighted by Crippen LogP contribution is -2.28. The van der Waals surface area contributed by atoms with E-state index >= 15 is 0 Å². The average Bonchev–Trinajstić information content (AvgIpc) is 2.69. The van der Waals surface area contributed by atoms with Crippen LogP contribution in [-0.2, 0) is 20.7 Å². The van der Waals surface area contributed by atoms with Crippen molar-refractivity contribution in [2.24, 2.45) is 5.92 Å². The minimum atomic E-state index is -0.994. The Morgan fingerprint density at radius 1 is 1.23 bits per heavy atom. The van der Waals surface area contributed by atoms with E-state index in [-0.39, 0.29) is 30.4 Å². The van der Waals surface area contributed by atoms with E-state index in [1.54, 1.807) is 32.1 Å². The SMILES string of the molecule is C=CCc1cccc(NC(=O)C[C@H](O)/C(C)=C/[C@H](C)[C@@H](O)CC(=O)[C@@H](C=C)OC)c1. The zero-order chi connectivity index (χ0) is 22.7. The van der Waals surface area contributed by atoms with Crippen molar-refractivity contribution >= 4 is 17.4 Å². The maximum atomic E-state index is 12.3. The number of ether oxygens (including phenoxy) is 1. The van der Waals surface area contributed by atoms with Crippen molar-refractivity contribution in [2.45, 2.75) is 51.4 Å². The second kappa shape index (κ2) is 12.9. The maximum absolute atomic E-state index is 12.3. The summed E-state index contributed by atoms with van der Waals surface area (Å²) in [5.74, 6) is -0.968. The van der Waals surface area contributed by atoms with Crippen LogP contribution in [0.25, 0.3) is 0 Å². The molecule has 0 aromatic heterocycles. The van der Waals surface area contributed by atoms with E-state index in [2.05, 4.69) is 18.5 Å². The summed E-state index contributed by atoms with van der Waals surface area (Å²) in [7, 11) is 1.40. The van der Waals surface area contributed by atoms with Crippen LogP contribution in [0.1, 0.15) is 32.3 Å². The summed E-state index contributed by atoms with van der Waals surface area (Å²) in [6.45, 7) is 10.7. The molecule has 0 radical (unpaired) electrons. The first kappa shape index (κ1) is 25.5. The van der Waals surface area contributed by atoms with Crippen LogP contribution < -0.4 is 5.32 Å². The number of carbonyl (C=O) groups excluding carboxylic acids is 2. The Morgan fingerprint density at radius 3 is 2.53 bits per heavy atom. The van der Waals surface area contributed by atoms with Gasteiger partial charge in [-0.2, -0.15) is 0 Å². The molecule has 0 saturated heterocycles. The highest BCUT2D eigenvalue weighted by Gasteiger charge is 2.22. The second-order valence-electron chi connectivity index (χ2n) is 7.36. The molecule has 4 atom stereocenters. The molecule has 0 aliphatic carbocycles. The molecule has 0 fully saturated rings. The van der Waals surface area contributed by atoms with Gasteiger partial charge in [0, 0.05) is 25.1 Å². The number of ketones is 1. The van der Waals surface area contributed by atoms with Gasteiger partial charge in [0.2, 0.25) is 5.91 Å². The molecule has 1 rings (SSSR count). The Morgan fingerprint density at radius 2 is 1.93 bits per heavy atom. The van der Waals surface area contributed by atoms with Crippen molar-refractivity contribution in [3.05, 3.63) is 66.8 Å². The van der Waals surface area contributed by atoms with Crippen LogP contribution in [-0.4, -0.2) is 47.3 Å². The number of aliphatic hydroxyl groups excluding tert-OH is 2. The average molecular weight is 416 g/mol. The van der Waals surface area contributed by atoms with Gasteiger partial charge in [0.1, 0.15) is 6.10 Å². The lowest BCUT2D eigenvalue weighted by atomic mass is 9.94. The Kier molecular flexibility index (Phi) is 11.0. The van der Waals surface area contributed by atoms with Crippen LogP contribution in [0.3, 0.4) is 0 Å². The number of allylic oxidation sites excluding steroid dienone is 1. The van der Waals surface area contributed by atoms with Gasteiger partial charge in [0.15, 0.2) is 5.78 Å². The number of aliphatic hydroxyl groups is 2. The molecule has 6 nitrogen and oxygen atoms in total. The summed E-state index contributed by atoms with van der Waals surface area (Å²) in [5, 5.41) is 23.4. The molecule has 1 amide bonds. The molecule has 0 unspecified atom stereocenters. The fourth-order valence-electron chi connectivity index (χ4n) is 3.00. The van der Waals surface area contributed by atoms with Crippen LogP contribution in [0.4, 0.5) is 5.69 Å². The zero-order valence-electron chi connectivity index (χ0n) is 18.0. The standard InChI is InChI=1S/C24H33NO5/c1-6-9-18-10-8-11-19(13-18)25-24(29)15-21(27)17(4)12-16(3)20(26)14-22(28)23(7-2)30-5/h6-8,10-13,16,20-21,23,26-27H,1-2,9,14-15H2,3-5H3,(H,25,29)/b17-12+/t16-,20-,21-,23+/m0/s1. The van der Waals surface area contributed by atoms with Crippen LogP contribution in [0.2, 0.25) is 0 Å². The van der Waals surface area contributed by atoms with Crippen molar-refractivity contribution in [1.29, 1.82) is 0 Å². The lowest BCUT2D eigenvalue weighted by molar-refractivity contribution is -0.128. The Bertz CT molecular complexity index is 771. The molecule has 0 saturated carbocycles. The number of hydrogen-bond acceptors (Lipinski definition) is 5. The molecule has 1 aromatic rings. The summed E-state index contributed by atoms with van der Waals surface area (Å²) in [5.41, 5.74) is 2.24. The van der Waals surface area contributed by atoms with Crippen LogP contribution >= 0.6 is 0 Å². The number of carbonyl (C=O) groups is 2. The molecule has 6 heteroatoms. The number of nitrogens with one attached hydrogen (secondary N) is 1. The van der Waals surface area contributed by atoms with Crippen LogP contribution in [0.5, 0.6) is 0 Å². The summed E-state index contributed by atoms with van der Waals surface area (Å²) >= 11 is 0. The fourth-order valence-corrected chi connectivity index (χ4v) is 3.00. The quantitative estimate of drug-likeness (QED) is 0.430. The smallest absolute Gasteiger partial charge is 0.227 e. The number of hydrogen-bond donors (Lipinski definition) is 3. The van der Waals surface area contributed by atoms with Crippen molar-refractivity contribution < 1.29 is 24.5 Å². The first-order valence-corrected chi connectivity index (χ1v) is 9.94. The van der Waals surface area contributed by atoms with Gasteiger partial charge < -0.3 is 20.3 Å². The van der Waals surface area contributed by atoms with Gasteiger partial charge in [0.05, 0.1) is 18.6 Å². The van der Waals surface area contributed by atoms with Crippen molar-refractivity contribution in [3.63, 3.8) is 0 Å². The van der Waals surface area contributed by atoms with Gasteiger partial charge in [-0.1, -0.05) is 37.3 Å². The van der Waals surface area contributed by atoms with Gasteiger partial charge in [0.25, 0.3) is 0 Å².